The molecule has 5 aromatic rings. The van der Waals surface area contributed by atoms with E-state index < -0.39 is 0 Å². The minimum Gasteiger partial charge on any atom is -0.367 e. The molecule has 0 saturated carbocycles. The Labute approximate surface area is 241 Å². The quantitative estimate of drug-likeness (QED) is 0.294. The molecule has 1 amide bonds. The molecule has 0 aliphatic carbocycles. The number of fused-ring (bicyclic) bond motifs is 2. The summed E-state index contributed by atoms with van der Waals surface area (Å²) in [7, 11) is 2.03. The highest BCUT2D eigenvalue weighted by Crippen LogP contribution is 2.36. The van der Waals surface area contributed by atoms with E-state index in [2.05, 4.69) is 48.6 Å². The first-order valence-electron chi connectivity index (χ1n) is 13.4. The van der Waals surface area contributed by atoms with Crippen molar-refractivity contribution < 1.29 is 4.79 Å². The largest absolute Gasteiger partial charge is 0.367 e. The summed E-state index contributed by atoms with van der Waals surface area (Å²) >= 11 is 8.33. The minimum absolute atomic E-state index is 0.121. The van der Waals surface area contributed by atoms with Crippen LogP contribution in [-0.4, -0.2) is 63.0 Å². The number of rotatable bonds is 4. The fourth-order valence-corrected chi connectivity index (χ4v) is 6.98. The molecule has 8 nitrogen and oxygen atoms in total. The molecule has 7 rings (SSSR count). The molecule has 3 aromatic heterocycles. The number of anilines is 2. The van der Waals surface area contributed by atoms with Gasteiger partial charge >= 0.3 is 0 Å². The van der Waals surface area contributed by atoms with Gasteiger partial charge in [0.15, 0.2) is 0 Å². The van der Waals surface area contributed by atoms with Gasteiger partial charge in [0, 0.05) is 74.8 Å². The first kappa shape index (κ1) is 25.0. The van der Waals surface area contributed by atoms with Gasteiger partial charge in [-0.2, -0.15) is 0 Å². The van der Waals surface area contributed by atoms with Crippen molar-refractivity contribution in [2.45, 2.75) is 13.0 Å². The number of carbonyl (C=O) groups excluding carboxylic acids is 1. The van der Waals surface area contributed by atoms with Gasteiger partial charge in [-0.05, 0) is 54.4 Å². The third-order valence-corrected chi connectivity index (χ3v) is 9.38. The van der Waals surface area contributed by atoms with E-state index in [-0.39, 0.29) is 5.91 Å². The van der Waals surface area contributed by atoms with Crippen LogP contribution >= 0.6 is 22.9 Å². The Morgan fingerprint density at radius 1 is 0.925 bits per heavy atom. The van der Waals surface area contributed by atoms with Crippen molar-refractivity contribution in [3.63, 3.8) is 0 Å². The number of piperazine rings is 1. The highest BCUT2D eigenvalue weighted by Gasteiger charge is 2.27. The van der Waals surface area contributed by atoms with Crippen molar-refractivity contribution >= 4 is 51.5 Å². The number of benzene rings is 2. The average Bonchev–Trinajstić information content (AvgIpc) is 3.58. The lowest BCUT2D eigenvalue weighted by molar-refractivity contribution is 0.0751. The fourth-order valence-electron chi connectivity index (χ4n) is 5.65. The summed E-state index contributed by atoms with van der Waals surface area (Å²) in [5, 5.41) is 0.683. The summed E-state index contributed by atoms with van der Waals surface area (Å²) in [6.07, 6.45) is 4.42. The Morgan fingerprint density at radius 3 is 2.52 bits per heavy atom. The van der Waals surface area contributed by atoms with Crippen molar-refractivity contribution in [3.05, 3.63) is 87.3 Å². The van der Waals surface area contributed by atoms with E-state index in [0.29, 0.717) is 18.1 Å². The van der Waals surface area contributed by atoms with Gasteiger partial charge < -0.3 is 19.3 Å². The molecule has 0 bridgehead atoms. The number of imidazole rings is 1. The zero-order chi connectivity index (χ0) is 27.2. The normalized spacial score (nSPS) is 15.5. The summed E-state index contributed by atoms with van der Waals surface area (Å²) in [6.45, 7) is 4.46. The van der Waals surface area contributed by atoms with Crippen LogP contribution in [0.5, 0.6) is 0 Å². The molecule has 1 fully saturated rings. The first-order valence-corrected chi connectivity index (χ1v) is 14.6. The summed E-state index contributed by atoms with van der Waals surface area (Å²) < 4.78 is 2.10. The van der Waals surface area contributed by atoms with Gasteiger partial charge in [-0.25, -0.2) is 15.0 Å². The average molecular weight is 570 g/mol. The number of hydrogen-bond donors (Lipinski definition) is 0. The molecule has 0 atom stereocenters. The van der Waals surface area contributed by atoms with Gasteiger partial charge in [-0.1, -0.05) is 23.7 Å². The third kappa shape index (κ3) is 4.49. The Balaban J connectivity index is 1.08. The SMILES string of the molecule is Cn1c(-c2cc(N3CCc4sc(C(=O)N5CCN(c6ncccn6)CC5)cc4C3)ccc2Cl)nc2ccccc21. The van der Waals surface area contributed by atoms with Gasteiger partial charge in [0.2, 0.25) is 5.95 Å². The molecular formula is C30H28ClN7OS. The molecule has 0 radical (unpaired) electrons. The summed E-state index contributed by atoms with van der Waals surface area (Å²) in [6, 6.07) is 18.2. The van der Waals surface area contributed by atoms with Crippen molar-refractivity contribution in [2.24, 2.45) is 7.05 Å². The van der Waals surface area contributed by atoms with E-state index in [1.165, 1.54) is 10.4 Å². The molecule has 202 valence electrons. The molecule has 1 saturated heterocycles. The van der Waals surface area contributed by atoms with E-state index in [1.54, 1.807) is 23.7 Å². The van der Waals surface area contributed by atoms with Gasteiger partial charge in [0.05, 0.1) is 20.9 Å². The molecule has 2 aliphatic heterocycles. The van der Waals surface area contributed by atoms with Crippen LogP contribution in [0.15, 0.2) is 67.0 Å². The maximum atomic E-state index is 13.4. The Bertz CT molecular complexity index is 1710. The standard InChI is InChI=1S/C30H28ClN7OS/c1-35-25-6-3-2-5-24(25)34-28(35)22-18-21(7-8-23(22)31)38-12-9-26-20(19-38)17-27(40-26)29(39)36-13-15-37(16-14-36)30-32-10-4-11-33-30/h2-8,10-11,17-18H,9,12-16,19H2,1H3. The highest BCUT2D eigenvalue weighted by molar-refractivity contribution is 7.14. The molecular weight excluding hydrogens is 542 g/mol. The Morgan fingerprint density at radius 2 is 1.73 bits per heavy atom. The predicted molar refractivity (Wildman–Crippen MR) is 160 cm³/mol. The van der Waals surface area contributed by atoms with Crippen molar-refractivity contribution in [2.75, 3.05) is 42.5 Å². The maximum Gasteiger partial charge on any atom is 0.264 e. The van der Waals surface area contributed by atoms with Crippen molar-refractivity contribution in [1.82, 2.24) is 24.4 Å². The zero-order valence-electron chi connectivity index (χ0n) is 22.1. The zero-order valence-corrected chi connectivity index (χ0v) is 23.7. The number of aromatic nitrogens is 4. The van der Waals surface area contributed by atoms with Crippen LogP contribution in [0.4, 0.5) is 11.6 Å². The second-order valence-electron chi connectivity index (χ2n) is 10.2. The number of aryl methyl sites for hydroxylation is 1. The number of halogens is 1. The highest BCUT2D eigenvalue weighted by atomic mass is 35.5. The monoisotopic (exact) mass is 569 g/mol. The first-order chi connectivity index (χ1) is 19.5. The molecule has 2 aliphatic rings. The van der Waals surface area contributed by atoms with E-state index >= 15 is 0 Å². The third-order valence-electron chi connectivity index (χ3n) is 7.82. The van der Waals surface area contributed by atoms with Gasteiger partial charge in [-0.15, -0.1) is 11.3 Å². The van der Waals surface area contributed by atoms with E-state index in [0.717, 1.165) is 71.5 Å². The molecule has 10 heteroatoms. The fraction of sp³-hybridized carbons (Fsp3) is 0.267. The second-order valence-corrected chi connectivity index (χ2v) is 11.7. The van der Waals surface area contributed by atoms with Crippen LogP contribution in [0, 0.1) is 0 Å². The lowest BCUT2D eigenvalue weighted by atomic mass is 10.1. The van der Waals surface area contributed by atoms with E-state index in [9.17, 15) is 4.79 Å². The lowest BCUT2D eigenvalue weighted by Crippen LogP contribution is -2.49. The summed E-state index contributed by atoms with van der Waals surface area (Å²) in [5.41, 5.74) is 5.29. The molecule has 2 aromatic carbocycles. The Kier molecular flexibility index (Phi) is 6.40. The van der Waals surface area contributed by atoms with Crippen LogP contribution in [0.2, 0.25) is 5.02 Å². The summed E-state index contributed by atoms with van der Waals surface area (Å²) in [5.74, 6) is 1.70. The number of hydrogen-bond acceptors (Lipinski definition) is 7. The van der Waals surface area contributed by atoms with Crippen molar-refractivity contribution in [1.29, 1.82) is 0 Å². The van der Waals surface area contributed by atoms with Gasteiger partial charge in [0.1, 0.15) is 5.82 Å². The van der Waals surface area contributed by atoms with E-state index in [4.69, 9.17) is 16.6 Å². The maximum absolute atomic E-state index is 13.4. The summed E-state index contributed by atoms with van der Waals surface area (Å²) in [4.78, 5) is 35.5. The molecule has 5 heterocycles. The molecule has 0 unspecified atom stereocenters. The minimum atomic E-state index is 0.121. The van der Waals surface area contributed by atoms with Gasteiger partial charge in [-0.3, -0.25) is 4.79 Å². The molecule has 0 N–H and O–H groups in total. The number of nitrogens with zero attached hydrogens (tertiary/aromatic N) is 7. The Hall–Kier alpha value is -3.95. The van der Waals surface area contributed by atoms with Crippen LogP contribution in [0.3, 0.4) is 0 Å². The lowest BCUT2D eigenvalue weighted by Gasteiger charge is -2.34. The predicted octanol–water partition coefficient (Wildman–Crippen LogP) is 5.27. The molecule has 40 heavy (non-hydrogen) atoms. The van der Waals surface area contributed by atoms with Gasteiger partial charge in [0.25, 0.3) is 5.91 Å². The number of carbonyl (C=O) groups is 1. The van der Waals surface area contributed by atoms with Crippen LogP contribution in [0.25, 0.3) is 22.4 Å². The van der Waals surface area contributed by atoms with Crippen molar-refractivity contribution in [3.8, 4) is 11.4 Å². The number of thiophene rings is 1. The molecule has 0 spiro atoms. The smallest absolute Gasteiger partial charge is 0.264 e. The van der Waals surface area contributed by atoms with Crippen LogP contribution < -0.4 is 9.80 Å². The van der Waals surface area contributed by atoms with Crippen LogP contribution in [-0.2, 0) is 20.0 Å². The topological polar surface area (TPSA) is 70.4 Å². The second kappa shape index (κ2) is 10.2. The van der Waals surface area contributed by atoms with E-state index in [1.807, 2.05) is 42.3 Å². The van der Waals surface area contributed by atoms with Crippen LogP contribution in [0.1, 0.15) is 20.1 Å². The number of para-hydroxylation sites is 2. The number of amides is 1.